The molecule has 2 aromatic carbocycles. The van der Waals surface area contributed by atoms with E-state index < -0.39 is 12.8 Å². The summed E-state index contributed by atoms with van der Waals surface area (Å²) in [6, 6.07) is 18.9. The van der Waals surface area contributed by atoms with Crippen molar-refractivity contribution in [3.63, 3.8) is 0 Å². The van der Waals surface area contributed by atoms with Crippen LogP contribution in [0, 0.1) is 0 Å². The number of aliphatic hydroxyl groups is 1. The summed E-state index contributed by atoms with van der Waals surface area (Å²) in [5, 5.41) is 10.1. The molecule has 0 aliphatic rings. The van der Waals surface area contributed by atoms with Gasteiger partial charge in [-0.1, -0.05) is 60.7 Å². The first-order valence-corrected chi connectivity index (χ1v) is 6.15. The van der Waals surface area contributed by atoms with Gasteiger partial charge in [-0.25, -0.2) is 0 Å². The Bertz CT molecular complexity index is 455. The van der Waals surface area contributed by atoms with Crippen LogP contribution in [-0.4, -0.2) is 11.8 Å². The second-order valence-electron chi connectivity index (χ2n) is 4.42. The number of alkyl halides is 1. The fourth-order valence-electron chi connectivity index (χ4n) is 2.09. The van der Waals surface area contributed by atoms with Crippen molar-refractivity contribution in [2.24, 2.45) is 0 Å². The number of aliphatic hydroxyl groups excluding tert-OH is 1. The Balaban J connectivity index is 2.07. The molecule has 18 heavy (non-hydrogen) atoms. The van der Waals surface area contributed by atoms with E-state index >= 15 is 0 Å². The van der Waals surface area contributed by atoms with E-state index in [-0.39, 0.29) is 5.92 Å². The van der Waals surface area contributed by atoms with Crippen molar-refractivity contribution in [3.05, 3.63) is 71.8 Å². The van der Waals surface area contributed by atoms with Gasteiger partial charge in [-0.2, -0.15) is 0 Å². The largest absolute Gasteiger partial charge is 0.388 e. The summed E-state index contributed by atoms with van der Waals surface area (Å²) in [6.45, 7) is -0.450. The Kier molecular flexibility index (Phi) is 4.48. The maximum Gasteiger partial charge on any atom is 0.0964 e. The molecule has 2 heteroatoms. The van der Waals surface area contributed by atoms with Gasteiger partial charge in [-0.15, -0.1) is 0 Å². The molecule has 94 valence electrons. The molecule has 0 saturated carbocycles. The predicted molar refractivity (Wildman–Crippen MR) is 71.2 cm³/mol. The Labute approximate surface area is 107 Å². The first kappa shape index (κ1) is 12.8. The van der Waals surface area contributed by atoms with Crippen molar-refractivity contribution < 1.29 is 9.50 Å². The molecule has 0 aliphatic carbocycles. The van der Waals surface area contributed by atoms with Crippen LogP contribution < -0.4 is 0 Å². The van der Waals surface area contributed by atoms with E-state index in [9.17, 15) is 9.50 Å². The minimum absolute atomic E-state index is 0.249. The summed E-state index contributed by atoms with van der Waals surface area (Å²) < 4.78 is 13.1. The number of halogens is 1. The van der Waals surface area contributed by atoms with E-state index in [0.29, 0.717) is 6.42 Å². The Morgan fingerprint density at radius 2 is 1.33 bits per heavy atom. The highest BCUT2D eigenvalue weighted by Crippen LogP contribution is 2.28. The number of hydrogen-bond acceptors (Lipinski definition) is 1. The Morgan fingerprint density at radius 3 is 1.83 bits per heavy atom. The second kappa shape index (κ2) is 6.31. The van der Waals surface area contributed by atoms with E-state index in [1.54, 1.807) is 0 Å². The van der Waals surface area contributed by atoms with Gasteiger partial charge in [0.2, 0.25) is 0 Å². The van der Waals surface area contributed by atoms with Crippen LogP contribution in [0.2, 0.25) is 0 Å². The topological polar surface area (TPSA) is 20.2 Å². The van der Waals surface area contributed by atoms with Crippen molar-refractivity contribution >= 4 is 0 Å². The lowest BCUT2D eigenvalue weighted by Crippen LogP contribution is -2.08. The van der Waals surface area contributed by atoms with Gasteiger partial charge < -0.3 is 5.11 Å². The van der Waals surface area contributed by atoms with Gasteiger partial charge in [-0.3, -0.25) is 4.39 Å². The average Bonchev–Trinajstić information content (AvgIpc) is 2.46. The third-order valence-corrected chi connectivity index (χ3v) is 3.15. The molecule has 0 aromatic heterocycles. The van der Waals surface area contributed by atoms with Crippen molar-refractivity contribution in [2.75, 3.05) is 6.67 Å². The highest BCUT2D eigenvalue weighted by molar-refractivity contribution is 5.22. The van der Waals surface area contributed by atoms with Crippen LogP contribution in [-0.2, 0) is 0 Å². The number of rotatable bonds is 5. The predicted octanol–water partition coefficient (Wildman–Crippen LogP) is 3.86. The number of benzene rings is 2. The zero-order valence-corrected chi connectivity index (χ0v) is 10.2. The van der Waals surface area contributed by atoms with Gasteiger partial charge in [0.25, 0.3) is 0 Å². The molecule has 0 bridgehead atoms. The van der Waals surface area contributed by atoms with Crippen LogP contribution in [0.4, 0.5) is 4.39 Å². The van der Waals surface area contributed by atoms with Crippen LogP contribution in [0.25, 0.3) is 0 Å². The van der Waals surface area contributed by atoms with Crippen molar-refractivity contribution in [1.29, 1.82) is 0 Å². The van der Waals surface area contributed by atoms with E-state index in [2.05, 4.69) is 0 Å². The van der Waals surface area contributed by atoms with E-state index in [0.717, 1.165) is 11.1 Å². The first-order chi connectivity index (χ1) is 8.81. The molecule has 0 spiro atoms. The highest BCUT2D eigenvalue weighted by Gasteiger charge is 2.17. The summed E-state index contributed by atoms with van der Waals surface area (Å²) in [7, 11) is 0. The van der Waals surface area contributed by atoms with Crippen LogP contribution in [0.1, 0.15) is 29.6 Å². The molecule has 2 rings (SSSR count). The second-order valence-corrected chi connectivity index (χ2v) is 4.42. The molecule has 0 saturated heterocycles. The SMILES string of the molecule is OC(CC(CF)c1ccccc1)c1ccccc1. The van der Waals surface area contributed by atoms with Crippen LogP contribution in [0.3, 0.4) is 0 Å². The van der Waals surface area contributed by atoms with Crippen molar-refractivity contribution in [2.45, 2.75) is 18.4 Å². The quantitative estimate of drug-likeness (QED) is 0.846. The standard InChI is InChI=1S/C16H17FO/c17-12-15(13-7-3-1-4-8-13)11-16(18)14-9-5-2-6-10-14/h1-10,15-16,18H,11-12H2. The Morgan fingerprint density at radius 1 is 0.833 bits per heavy atom. The molecule has 1 nitrogen and oxygen atoms in total. The van der Waals surface area contributed by atoms with Crippen molar-refractivity contribution in [1.82, 2.24) is 0 Å². The highest BCUT2D eigenvalue weighted by atomic mass is 19.1. The fourth-order valence-corrected chi connectivity index (χ4v) is 2.09. The van der Waals surface area contributed by atoms with Gasteiger partial charge in [0.15, 0.2) is 0 Å². The Hall–Kier alpha value is -1.67. The molecule has 0 aliphatic heterocycles. The lowest BCUT2D eigenvalue weighted by Gasteiger charge is -2.18. The summed E-state index contributed by atoms with van der Waals surface area (Å²) in [5.74, 6) is -0.249. The minimum Gasteiger partial charge on any atom is -0.388 e. The normalized spacial score (nSPS) is 14.1. The molecule has 0 amide bonds. The summed E-state index contributed by atoms with van der Waals surface area (Å²) in [6.07, 6.45) is -0.211. The van der Waals surface area contributed by atoms with Gasteiger partial charge >= 0.3 is 0 Å². The smallest absolute Gasteiger partial charge is 0.0964 e. The molecular weight excluding hydrogens is 227 g/mol. The van der Waals surface area contributed by atoms with Crippen LogP contribution in [0.5, 0.6) is 0 Å². The summed E-state index contributed by atoms with van der Waals surface area (Å²) >= 11 is 0. The van der Waals surface area contributed by atoms with Gasteiger partial charge in [0.1, 0.15) is 0 Å². The third-order valence-electron chi connectivity index (χ3n) is 3.15. The molecular formula is C16H17FO. The zero-order chi connectivity index (χ0) is 12.8. The van der Waals surface area contributed by atoms with Crippen LogP contribution in [0.15, 0.2) is 60.7 Å². The summed E-state index contributed by atoms with van der Waals surface area (Å²) in [5.41, 5.74) is 1.78. The molecule has 0 heterocycles. The zero-order valence-electron chi connectivity index (χ0n) is 10.2. The van der Waals surface area contributed by atoms with Gasteiger partial charge in [0.05, 0.1) is 12.8 Å². The summed E-state index contributed by atoms with van der Waals surface area (Å²) in [4.78, 5) is 0. The minimum atomic E-state index is -0.618. The lowest BCUT2D eigenvalue weighted by atomic mass is 9.92. The maximum atomic E-state index is 13.1. The maximum absolute atomic E-state index is 13.1. The lowest BCUT2D eigenvalue weighted by molar-refractivity contribution is 0.151. The van der Waals surface area contributed by atoms with E-state index in [1.807, 2.05) is 60.7 Å². The van der Waals surface area contributed by atoms with Gasteiger partial charge in [-0.05, 0) is 17.5 Å². The molecule has 0 radical (unpaired) electrons. The molecule has 2 aromatic rings. The monoisotopic (exact) mass is 244 g/mol. The molecule has 0 fully saturated rings. The van der Waals surface area contributed by atoms with Gasteiger partial charge in [0, 0.05) is 5.92 Å². The third kappa shape index (κ3) is 3.17. The fraction of sp³-hybridized carbons (Fsp3) is 0.250. The van der Waals surface area contributed by atoms with Crippen molar-refractivity contribution in [3.8, 4) is 0 Å². The van der Waals surface area contributed by atoms with E-state index in [1.165, 1.54) is 0 Å². The first-order valence-electron chi connectivity index (χ1n) is 6.15. The molecule has 2 atom stereocenters. The van der Waals surface area contributed by atoms with E-state index in [4.69, 9.17) is 0 Å². The molecule has 2 unspecified atom stereocenters. The number of hydrogen-bond donors (Lipinski definition) is 1. The average molecular weight is 244 g/mol. The molecule has 1 N–H and O–H groups in total. The van der Waals surface area contributed by atoms with Crippen LogP contribution >= 0.6 is 0 Å².